The van der Waals surface area contributed by atoms with E-state index in [1.165, 1.54) is 11.8 Å². The van der Waals surface area contributed by atoms with E-state index in [2.05, 4.69) is 9.97 Å². The van der Waals surface area contributed by atoms with Gasteiger partial charge in [-0.2, -0.15) is 0 Å². The normalized spacial score (nSPS) is 10.5. The molecule has 0 bridgehead atoms. The number of halogens is 1. The minimum Gasteiger partial charge on any atom is -0.396 e. The minimum atomic E-state index is -0.355. The van der Waals surface area contributed by atoms with Crippen LogP contribution < -0.4 is 5.73 Å². The number of rotatable bonds is 3. The molecule has 2 rings (SSSR count). The molecule has 0 spiro atoms. The van der Waals surface area contributed by atoms with Gasteiger partial charge in [-0.05, 0) is 18.6 Å². The molecule has 2 N–H and O–H groups in total. The van der Waals surface area contributed by atoms with E-state index in [0.717, 1.165) is 5.56 Å². The SMILES string of the molecule is Cc1cnc(SCc2cccc(N)c2F)nc1. The van der Waals surface area contributed by atoms with Gasteiger partial charge in [0.2, 0.25) is 0 Å². The molecule has 88 valence electrons. The second-order valence-electron chi connectivity index (χ2n) is 3.65. The maximum Gasteiger partial charge on any atom is 0.187 e. The third kappa shape index (κ3) is 2.94. The van der Waals surface area contributed by atoms with Crippen molar-refractivity contribution in [3.05, 3.63) is 47.5 Å². The molecule has 2 aromatic rings. The fourth-order valence-corrected chi connectivity index (χ4v) is 2.07. The largest absolute Gasteiger partial charge is 0.396 e. The van der Waals surface area contributed by atoms with E-state index in [9.17, 15) is 4.39 Å². The zero-order valence-corrected chi connectivity index (χ0v) is 10.2. The van der Waals surface area contributed by atoms with Crippen molar-refractivity contribution in [1.82, 2.24) is 9.97 Å². The predicted octanol–water partition coefficient (Wildman–Crippen LogP) is 2.80. The van der Waals surface area contributed by atoms with Gasteiger partial charge in [0.25, 0.3) is 0 Å². The number of hydrogen-bond donors (Lipinski definition) is 1. The number of nitrogen functional groups attached to an aromatic ring is 1. The van der Waals surface area contributed by atoms with Gasteiger partial charge >= 0.3 is 0 Å². The smallest absolute Gasteiger partial charge is 0.187 e. The molecule has 3 nitrogen and oxygen atoms in total. The quantitative estimate of drug-likeness (QED) is 0.516. The number of thioether (sulfide) groups is 1. The maximum atomic E-state index is 13.6. The summed E-state index contributed by atoms with van der Waals surface area (Å²) in [5, 5.41) is 0.637. The standard InChI is InChI=1S/C12H12FN3S/c1-8-5-15-12(16-6-8)17-7-9-3-2-4-10(14)11(9)13/h2-6H,7,14H2,1H3. The van der Waals surface area contributed by atoms with Crippen molar-refractivity contribution in [2.45, 2.75) is 17.8 Å². The lowest BCUT2D eigenvalue weighted by Gasteiger charge is -2.04. The highest BCUT2D eigenvalue weighted by Gasteiger charge is 2.06. The summed E-state index contributed by atoms with van der Waals surface area (Å²) >= 11 is 1.39. The molecule has 0 radical (unpaired) electrons. The third-order valence-corrected chi connectivity index (χ3v) is 3.15. The van der Waals surface area contributed by atoms with E-state index in [-0.39, 0.29) is 11.5 Å². The summed E-state index contributed by atoms with van der Waals surface area (Å²) in [5.41, 5.74) is 7.24. The molecule has 17 heavy (non-hydrogen) atoms. The Morgan fingerprint density at radius 3 is 2.71 bits per heavy atom. The number of aromatic nitrogens is 2. The Hall–Kier alpha value is -1.62. The van der Waals surface area contributed by atoms with E-state index in [4.69, 9.17) is 5.73 Å². The van der Waals surface area contributed by atoms with E-state index in [1.807, 2.05) is 6.92 Å². The number of benzene rings is 1. The summed E-state index contributed by atoms with van der Waals surface area (Å²) in [6, 6.07) is 5.00. The summed E-state index contributed by atoms with van der Waals surface area (Å²) in [6.07, 6.45) is 3.48. The Bertz CT molecular complexity index is 514. The number of hydrogen-bond acceptors (Lipinski definition) is 4. The zero-order chi connectivity index (χ0) is 12.3. The van der Waals surface area contributed by atoms with Crippen LogP contribution in [-0.4, -0.2) is 9.97 Å². The Morgan fingerprint density at radius 1 is 1.29 bits per heavy atom. The number of nitrogens with zero attached hydrogens (tertiary/aromatic N) is 2. The summed E-state index contributed by atoms with van der Waals surface area (Å²) in [6.45, 7) is 1.92. The van der Waals surface area contributed by atoms with Crippen LogP contribution in [0.25, 0.3) is 0 Å². The molecule has 0 fully saturated rings. The van der Waals surface area contributed by atoms with Crippen molar-refractivity contribution in [1.29, 1.82) is 0 Å². The average molecular weight is 249 g/mol. The topological polar surface area (TPSA) is 51.8 Å². The maximum absolute atomic E-state index is 13.6. The first-order valence-corrected chi connectivity index (χ1v) is 6.09. The van der Waals surface area contributed by atoms with Gasteiger partial charge in [-0.15, -0.1) is 0 Å². The summed E-state index contributed by atoms with van der Waals surface area (Å²) in [5.74, 6) is 0.118. The highest BCUT2D eigenvalue weighted by atomic mass is 32.2. The van der Waals surface area contributed by atoms with Gasteiger partial charge in [-0.25, -0.2) is 14.4 Å². The van der Waals surface area contributed by atoms with Crippen LogP contribution in [0.4, 0.5) is 10.1 Å². The van der Waals surface area contributed by atoms with Crippen molar-refractivity contribution in [2.24, 2.45) is 0 Å². The van der Waals surface area contributed by atoms with Crippen molar-refractivity contribution in [3.63, 3.8) is 0 Å². The highest BCUT2D eigenvalue weighted by molar-refractivity contribution is 7.98. The van der Waals surface area contributed by atoms with E-state index < -0.39 is 0 Å². The molecule has 0 aliphatic rings. The zero-order valence-electron chi connectivity index (χ0n) is 9.35. The van der Waals surface area contributed by atoms with Gasteiger partial charge in [0.1, 0.15) is 5.82 Å². The molecule has 0 saturated carbocycles. The Kier molecular flexibility index (Phi) is 3.58. The van der Waals surface area contributed by atoms with Gasteiger partial charge < -0.3 is 5.73 Å². The summed E-state index contributed by atoms with van der Waals surface area (Å²) in [7, 11) is 0. The van der Waals surface area contributed by atoms with Gasteiger partial charge in [-0.1, -0.05) is 23.9 Å². The van der Waals surface area contributed by atoms with Crippen LogP contribution in [-0.2, 0) is 5.75 Å². The lowest BCUT2D eigenvalue weighted by Crippen LogP contribution is -1.95. The van der Waals surface area contributed by atoms with Crippen LogP contribution in [0, 0.1) is 12.7 Å². The van der Waals surface area contributed by atoms with Crippen molar-refractivity contribution < 1.29 is 4.39 Å². The Morgan fingerprint density at radius 2 is 2.00 bits per heavy atom. The number of aryl methyl sites for hydroxylation is 1. The lowest BCUT2D eigenvalue weighted by atomic mass is 10.2. The fourth-order valence-electron chi connectivity index (χ4n) is 1.31. The molecule has 0 unspecified atom stereocenters. The van der Waals surface area contributed by atoms with Gasteiger partial charge in [0, 0.05) is 23.7 Å². The molecule has 0 atom stereocenters. The van der Waals surface area contributed by atoms with Crippen LogP contribution in [0.3, 0.4) is 0 Å². The minimum absolute atomic E-state index is 0.174. The molecule has 0 aliphatic heterocycles. The average Bonchev–Trinajstić information content (AvgIpc) is 2.33. The van der Waals surface area contributed by atoms with E-state index in [1.54, 1.807) is 30.6 Å². The first-order chi connectivity index (χ1) is 8.16. The summed E-state index contributed by atoms with van der Waals surface area (Å²) in [4.78, 5) is 8.29. The molecule has 0 aliphatic carbocycles. The predicted molar refractivity (Wildman–Crippen MR) is 67.1 cm³/mol. The molecule has 1 heterocycles. The fraction of sp³-hybridized carbons (Fsp3) is 0.167. The Labute approximate surface area is 103 Å². The number of anilines is 1. The van der Waals surface area contributed by atoms with Crippen LogP contribution in [0.2, 0.25) is 0 Å². The Balaban J connectivity index is 2.07. The molecular formula is C12H12FN3S. The third-order valence-electron chi connectivity index (χ3n) is 2.22. The molecule has 0 amide bonds. The van der Waals surface area contributed by atoms with Gasteiger partial charge in [0.05, 0.1) is 5.69 Å². The molecule has 1 aromatic carbocycles. The molecule has 1 aromatic heterocycles. The van der Waals surface area contributed by atoms with Crippen LogP contribution in [0.5, 0.6) is 0 Å². The first kappa shape index (κ1) is 11.9. The summed E-state index contributed by atoms with van der Waals surface area (Å²) < 4.78 is 13.6. The second-order valence-corrected chi connectivity index (χ2v) is 4.59. The highest BCUT2D eigenvalue weighted by Crippen LogP contribution is 2.23. The van der Waals surface area contributed by atoms with Gasteiger partial charge in [-0.3, -0.25) is 0 Å². The van der Waals surface area contributed by atoms with E-state index in [0.29, 0.717) is 16.5 Å². The van der Waals surface area contributed by atoms with Gasteiger partial charge in [0.15, 0.2) is 5.16 Å². The molecule has 0 saturated heterocycles. The second kappa shape index (κ2) is 5.14. The van der Waals surface area contributed by atoms with Crippen molar-refractivity contribution in [2.75, 3.05) is 5.73 Å². The molecular weight excluding hydrogens is 237 g/mol. The lowest BCUT2D eigenvalue weighted by molar-refractivity contribution is 0.622. The van der Waals surface area contributed by atoms with Crippen LogP contribution >= 0.6 is 11.8 Å². The first-order valence-electron chi connectivity index (χ1n) is 5.11. The molecule has 5 heteroatoms. The van der Waals surface area contributed by atoms with Crippen LogP contribution in [0.1, 0.15) is 11.1 Å². The van der Waals surface area contributed by atoms with Crippen molar-refractivity contribution in [3.8, 4) is 0 Å². The number of nitrogens with two attached hydrogens (primary N) is 1. The van der Waals surface area contributed by atoms with Crippen LogP contribution in [0.15, 0.2) is 35.7 Å². The van der Waals surface area contributed by atoms with Crippen molar-refractivity contribution >= 4 is 17.4 Å². The monoisotopic (exact) mass is 249 g/mol. The van der Waals surface area contributed by atoms with E-state index >= 15 is 0 Å².